The summed E-state index contributed by atoms with van der Waals surface area (Å²) in [6, 6.07) is 5.85. The number of piperidine rings is 1. The number of rotatable bonds is 10. The Morgan fingerprint density at radius 2 is 1.76 bits per heavy atom. The Labute approximate surface area is 176 Å². The highest BCUT2D eigenvalue weighted by atomic mass is 16.2. The molecule has 5 heteroatoms. The molecule has 1 saturated heterocycles. The van der Waals surface area contributed by atoms with Crippen molar-refractivity contribution in [3.8, 4) is 0 Å². The molecule has 1 aromatic rings. The van der Waals surface area contributed by atoms with E-state index in [2.05, 4.69) is 24.1 Å². The smallest absolute Gasteiger partial charge is 0.256 e. The van der Waals surface area contributed by atoms with Gasteiger partial charge < -0.3 is 15.1 Å². The lowest BCUT2D eigenvalue weighted by Crippen LogP contribution is -2.35. The van der Waals surface area contributed by atoms with Crippen molar-refractivity contribution in [3.05, 3.63) is 23.8 Å². The minimum atomic E-state index is 0.0265. The lowest BCUT2D eigenvalue weighted by atomic mass is 9.98. The second kappa shape index (κ2) is 11.8. The number of carbonyl (C=O) groups is 2. The number of unbranched alkanes of at least 4 members (excludes halogenated alkanes) is 1. The Balaban J connectivity index is 2.29. The van der Waals surface area contributed by atoms with Crippen molar-refractivity contribution >= 4 is 23.2 Å². The molecular formula is C24H39N3O2. The van der Waals surface area contributed by atoms with Gasteiger partial charge in [-0.15, -0.1) is 0 Å². The first-order valence-corrected chi connectivity index (χ1v) is 11.5. The van der Waals surface area contributed by atoms with Crippen molar-refractivity contribution < 1.29 is 9.59 Å². The third-order valence-electron chi connectivity index (χ3n) is 6.01. The molecule has 29 heavy (non-hydrogen) atoms. The average molecular weight is 402 g/mol. The molecule has 1 unspecified atom stereocenters. The molecule has 1 fully saturated rings. The van der Waals surface area contributed by atoms with E-state index in [-0.39, 0.29) is 17.7 Å². The number of carbonyl (C=O) groups excluding carboxylic acids is 2. The summed E-state index contributed by atoms with van der Waals surface area (Å²) in [5.41, 5.74) is 2.42. The Bertz CT molecular complexity index is 664. The van der Waals surface area contributed by atoms with Crippen LogP contribution in [0.1, 0.15) is 83.0 Å². The second-order valence-corrected chi connectivity index (χ2v) is 7.99. The molecule has 1 heterocycles. The van der Waals surface area contributed by atoms with Crippen LogP contribution in [0.25, 0.3) is 0 Å². The third-order valence-corrected chi connectivity index (χ3v) is 6.01. The van der Waals surface area contributed by atoms with Crippen LogP contribution >= 0.6 is 0 Å². The largest absolute Gasteiger partial charge is 0.371 e. The number of hydrogen-bond donors (Lipinski definition) is 1. The highest BCUT2D eigenvalue weighted by Crippen LogP contribution is 2.29. The first kappa shape index (κ1) is 23.2. The number of benzene rings is 1. The summed E-state index contributed by atoms with van der Waals surface area (Å²) in [5, 5.41) is 3.07. The van der Waals surface area contributed by atoms with Gasteiger partial charge in [-0.2, -0.15) is 0 Å². The molecule has 2 rings (SSSR count). The van der Waals surface area contributed by atoms with Crippen molar-refractivity contribution in [1.29, 1.82) is 0 Å². The van der Waals surface area contributed by atoms with Gasteiger partial charge in [0, 0.05) is 43.5 Å². The molecule has 1 N–H and O–H groups in total. The minimum Gasteiger partial charge on any atom is -0.371 e. The standard InChI is InChI=1S/C24H39N3O2/c1-5-9-13-19(6-2)23(28)25-20-14-15-22(27-16-11-10-12-17-27)21(18-20)24(29)26(7-3)8-4/h14-15,18-19H,5-13,16-17H2,1-4H3,(H,25,28). The van der Waals surface area contributed by atoms with Gasteiger partial charge in [0.25, 0.3) is 5.91 Å². The van der Waals surface area contributed by atoms with Gasteiger partial charge in [0.15, 0.2) is 0 Å². The van der Waals surface area contributed by atoms with E-state index in [1.165, 1.54) is 6.42 Å². The maximum Gasteiger partial charge on any atom is 0.256 e. The molecule has 0 aliphatic carbocycles. The number of hydrogen-bond acceptors (Lipinski definition) is 3. The maximum absolute atomic E-state index is 13.2. The fourth-order valence-electron chi connectivity index (χ4n) is 4.09. The summed E-state index contributed by atoms with van der Waals surface area (Å²) in [6.45, 7) is 11.6. The first-order chi connectivity index (χ1) is 14.0. The fraction of sp³-hybridized carbons (Fsp3) is 0.667. The predicted molar refractivity (Wildman–Crippen MR) is 122 cm³/mol. The van der Waals surface area contributed by atoms with Crippen LogP contribution in [-0.2, 0) is 4.79 Å². The molecule has 162 valence electrons. The summed E-state index contributed by atoms with van der Waals surface area (Å²) >= 11 is 0. The van der Waals surface area contributed by atoms with E-state index >= 15 is 0 Å². The van der Waals surface area contributed by atoms with Crippen molar-refractivity contribution in [2.45, 2.75) is 72.6 Å². The highest BCUT2D eigenvalue weighted by molar-refractivity contribution is 6.02. The number of nitrogens with one attached hydrogen (secondary N) is 1. The molecule has 0 bridgehead atoms. The quantitative estimate of drug-likeness (QED) is 0.578. The molecule has 0 spiro atoms. The van der Waals surface area contributed by atoms with E-state index in [0.717, 1.165) is 63.0 Å². The Kier molecular flexibility index (Phi) is 9.49. The van der Waals surface area contributed by atoms with Crippen LogP contribution in [0, 0.1) is 5.92 Å². The number of anilines is 2. The molecule has 0 radical (unpaired) electrons. The van der Waals surface area contributed by atoms with Gasteiger partial charge in [0.05, 0.1) is 5.56 Å². The van der Waals surface area contributed by atoms with Crippen LogP contribution < -0.4 is 10.2 Å². The summed E-state index contributed by atoms with van der Waals surface area (Å²) in [4.78, 5) is 30.1. The van der Waals surface area contributed by atoms with E-state index in [1.54, 1.807) is 0 Å². The summed E-state index contributed by atoms with van der Waals surface area (Å²) < 4.78 is 0. The van der Waals surface area contributed by atoms with Crippen LogP contribution in [0.4, 0.5) is 11.4 Å². The van der Waals surface area contributed by atoms with E-state index < -0.39 is 0 Å². The summed E-state index contributed by atoms with van der Waals surface area (Å²) in [7, 11) is 0. The van der Waals surface area contributed by atoms with Gasteiger partial charge in [-0.25, -0.2) is 0 Å². The SMILES string of the molecule is CCCCC(CC)C(=O)Nc1ccc(N2CCCCC2)c(C(=O)N(CC)CC)c1. The van der Waals surface area contributed by atoms with Gasteiger partial charge in [-0.3, -0.25) is 9.59 Å². The predicted octanol–water partition coefficient (Wildman–Crippen LogP) is 5.31. The lowest BCUT2D eigenvalue weighted by molar-refractivity contribution is -0.120. The first-order valence-electron chi connectivity index (χ1n) is 11.5. The Hall–Kier alpha value is -2.04. The molecule has 0 aromatic heterocycles. The van der Waals surface area contributed by atoms with Gasteiger partial charge in [-0.1, -0.05) is 26.7 Å². The van der Waals surface area contributed by atoms with Gasteiger partial charge >= 0.3 is 0 Å². The molecule has 1 atom stereocenters. The van der Waals surface area contributed by atoms with Crippen molar-refractivity contribution in [2.75, 3.05) is 36.4 Å². The van der Waals surface area contributed by atoms with E-state index in [4.69, 9.17) is 0 Å². The number of nitrogens with zero attached hydrogens (tertiary/aromatic N) is 2. The van der Waals surface area contributed by atoms with Crippen LogP contribution in [0.15, 0.2) is 18.2 Å². The molecular weight excluding hydrogens is 362 g/mol. The van der Waals surface area contributed by atoms with Crippen LogP contribution in [0.2, 0.25) is 0 Å². The molecule has 1 aliphatic heterocycles. The topological polar surface area (TPSA) is 52.7 Å². The second-order valence-electron chi connectivity index (χ2n) is 7.99. The monoisotopic (exact) mass is 401 g/mol. The van der Waals surface area contributed by atoms with Crippen LogP contribution in [-0.4, -0.2) is 42.9 Å². The molecule has 1 aliphatic rings. The Morgan fingerprint density at radius 1 is 1.07 bits per heavy atom. The average Bonchev–Trinajstić information content (AvgIpc) is 2.75. The van der Waals surface area contributed by atoms with E-state index in [9.17, 15) is 9.59 Å². The van der Waals surface area contributed by atoms with Crippen molar-refractivity contribution in [3.63, 3.8) is 0 Å². The van der Waals surface area contributed by atoms with Gasteiger partial charge in [-0.05, 0) is 64.2 Å². The normalized spacial score (nSPS) is 15.1. The molecule has 0 saturated carbocycles. The van der Waals surface area contributed by atoms with E-state index in [1.807, 2.05) is 36.9 Å². The third kappa shape index (κ3) is 6.22. The summed E-state index contributed by atoms with van der Waals surface area (Å²) in [5.74, 6) is 0.135. The van der Waals surface area contributed by atoms with Crippen molar-refractivity contribution in [1.82, 2.24) is 4.90 Å². The van der Waals surface area contributed by atoms with E-state index in [0.29, 0.717) is 18.7 Å². The zero-order valence-corrected chi connectivity index (χ0v) is 18.8. The molecule has 2 amide bonds. The molecule has 1 aromatic carbocycles. The lowest BCUT2D eigenvalue weighted by Gasteiger charge is -2.31. The van der Waals surface area contributed by atoms with Gasteiger partial charge in [0.2, 0.25) is 5.91 Å². The summed E-state index contributed by atoms with van der Waals surface area (Å²) in [6.07, 6.45) is 7.47. The number of amides is 2. The van der Waals surface area contributed by atoms with Crippen LogP contribution in [0.3, 0.4) is 0 Å². The van der Waals surface area contributed by atoms with Crippen molar-refractivity contribution in [2.24, 2.45) is 5.92 Å². The highest BCUT2D eigenvalue weighted by Gasteiger charge is 2.23. The molecule has 5 nitrogen and oxygen atoms in total. The van der Waals surface area contributed by atoms with Crippen LogP contribution in [0.5, 0.6) is 0 Å². The van der Waals surface area contributed by atoms with Gasteiger partial charge in [0.1, 0.15) is 0 Å². The maximum atomic E-state index is 13.2. The zero-order chi connectivity index (χ0) is 21.2. The minimum absolute atomic E-state index is 0.0265. The zero-order valence-electron chi connectivity index (χ0n) is 18.8. The Morgan fingerprint density at radius 3 is 2.34 bits per heavy atom. The fourth-order valence-corrected chi connectivity index (χ4v) is 4.09.